The molecule has 0 aromatic heterocycles. The Balaban J connectivity index is 1.47. The molecular weight excluding hydrogens is 326 g/mol. The number of ether oxygens (including phenoxy) is 3. The lowest BCUT2D eigenvalue weighted by molar-refractivity contribution is 0.0682. The maximum atomic E-state index is 6.07. The minimum absolute atomic E-state index is 0.210. The molecule has 0 amide bonds. The van der Waals surface area contributed by atoms with Crippen molar-refractivity contribution < 1.29 is 14.2 Å². The molecule has 0 spiro atoms. The molecule has 0 bridgehead atoms. The van der Waals surface area contributed by atoms with Crippen LogP contribution in [0.1, 0.15) is 12.8 Å². The van der Waals surface area contributed by atoms with Crippen LogP contribution in [0.3, 0.4) is 0 Å². The van der Waals surface area contributed by atoms with E-state index in [-0.39, 0.29) is 6.10 Å². The molecule has 0 saturated carbocycles. The predicted molar refractivity (Wildman–Crippen MR) is 96.3 cm³/mol. The van der Waals surface area contributed by atoms with Crippen LogP contribution in [-0.2, 0) is 4.74 Å². The Morgan fingerprint density at radius 3 is 2.62 bits per heavy atom. The molecule has 24 heavy (non-hydrogen) atoms. The zero-order valence-corrected chi connectivity index (χ0v) is 14.3. The van der Waals surface area contributed by atoms with Gasteiger partial charge in [-0.1, -0.05) is 35.9 Å². The summed E-state index contributed by atoms with van der Waals surface area (Å²) in [6.45, 7) is 2.61. The summed E-state index contributed by atoms with van der Waals surface area (Å²) >= 11 is 6.07. The molecule has 1 unspecified atom stereocenters. The molecular formula is C19H22ClNO3. The van der Waals surface area contributed by atoms with Gasteiger partial charge < -0.3 is 19.5 Å². The van der Waals surface area contributed by atoms with Gasteiger partial charge >= 0.3 is 0 Å². The van der Waals surface area contributed by atoms with Gasteiger partial charge in [0.2, 0.25) is 0 Å². The summed E-state index contributed by atoms with van der Waals surface area (Å²) in [6.07, 6.45) is 2.40. The number of rotatable bonds is 8. The molecule has 0 radical (unpaired) electrons. The lowest BCUT2D eigenvalue weighted by atomic mass is 10.2. The summed E-state index contributed by atoms with van der Waals surface area (Å²) in [4.78, 5) is 0. The van der Waals surface area contributed by atoms with Crippen LogP contribution in [0.25, 0.3) is 0 Å². The van der Waals surface area contributed by atoms with E-state index in [1.165, 1.54) is 0 Å². The number of para-hydroxylation sites is 3. The number of hydrogen-bond acceptors (Lipinski definition) is 4. The SMILES string of the molecule is Clc1ccccc1OCCNc1ccccc1OCC1CCCO1. The molecule has 1 atom stereocenters. The Bertz CT molecular complexity index is 644. The van der Waals surface area contributed by atoms with E-state index < -0.39 is 0 Å². The maximum Gasteiger partial charge on any atom is 0.142 e. The first-order valence-corrected chi connectivity index (χ1v) is 8.65. The molecule has 1 aliphatic heterocycles. The largest absolute Gasteiger partial charge is 0.490 e. The van der Waals surface area contributed by atoms with Crippen molar-refractivity contribution in [2.75, 3.05) is 31.7 Å². The summed E-state index contributed by atoms with van der Waals surface area (Å²) in [7, 11) is 0. The Hall–Kier alpha value is -1.91. The van der Waals surface area contributed by atoms with Crippen molar-refractivity contribution in [1.82, 2.24) is 0 Å². The highest BCUT2D eigenvalue weighted by Gasteiger charge is 2.16. The van der Waals surface area contributed by atoms with Crippen molar-refractivity contribution >= 4 is 17.3 Å². The molecule has 1 saturated heterocycles. The summed E-state index contributed by atoms with van der Waals surface area (Å²) in [6, 6.07) is 15.4. The molecule has 3 rings (SSSR count). The molecule has 5 heteroatoms. The minimum atomic E-state index is 0.210. The fourth-order valence-electron chi connectivity index (χ4n) is 2.61. The molecule has 1 heterocycles. The topological polar surface area (TPSA) is 39.7 Å². The molecule has 2 aromatic carbocycles. The molecule has 128 valence electrons. The normalized spacial score (nSPS) is 16.8. The number of hydrogen-bond donors (Lipinski definition) is 1. The average Bonchev–Trinajstić information content (AvgIpc) is 3.13. The van der Waals surface area contributed by atoms with Crippen molar-refractivity contribution in [1.29, 1.82) is 0 Å². The van der Waals surface area contributed by atoms with Gasteiger partial charge in [-0.05, 0) is 37.1 Å². The van der Waals surface area contributed by atoms with Crippen LogP contribution in [0.4, 0.5) is 5.69 Å². The van der Waals surface area contributed by atoms with Crippen molar-refractivity contribution in [3.8, 4) is 11.5 Å². The first-order chi connectivity index (χ1) is 11.8. The molecule has 2 aromatic rings. The second kappa shape index (κ2) is 8.81. The lowest BCUT2D eigenvalue weighted by Gasteiger charge is -2.16. The highest BCUT2D eigenvalue weighted by Crippen LogP contribution is 2.25. The molecule has 1 fully saturated rings. The van der Waals surface area contributed by atoms with Crippen LogP contribution in [-0.4, -0.2) is 32.5 Å². The summed E-state index contributed by atoms with van der Waals surface area (Å²) in [5, 5.41) is 3.97. The summed E-state index contributed by atoms with van der Waals surface area (Å²) in [5.74, 6) is 1.54. The van der Waals surface area contributed by atoms with E-state index in [0.717, 1.165) is 30.9 Å². The molecule has 1 aliphatic rings. The van der Waals surface area contributed by atoms with Crippen molar-refractivity contribution in [3.05, 3.63) is 53.6 Å². The van der Waals surface area contributed by atoms with Gasteiger partial charge in [0.15, 0.2) is 0 Å². The van der Waals surface area contributed by atoms with Crippen molar-refractivity contribution in [2.45, 2.75) is 18.9 Å². The van der Waals surface area contributed by atoms with Crippen LogP contribution in [0.5, 0.6) is 11.5 Å². The van der Waals surface area contributed by atoms with E-state index in [1.54, 1.807) is 0 Å². The highest BCUT2D eigenvalue weighted by molar-refractivity contribution is 6.32. The third-order valence-corrected chi connectivity index (χ3v) is 4.16. The van der Waals surface area contributed by atoms with Gasteiger partial charge in [-0.2, -0.15) is 0 Å². The second-order valence-corrected chi connectivity index (χ2v) is 6.06. The standard InChI is InChI=1S/C19H22ClNO3/c20-16-7-1-3-9-18(16)23-13-11-21-17-8-2-4-10-19(17)24-14-15-6-5-12-22-15/h1-4,7-10,15,21H,5-6,11-14H2. The Kier molecular flexibility index (Phi) is 6.21. The van der Waals surface area contributed by atoms with Gasteiger partial charge in [0.25, 0.3) is 0 Å². The minimum Gasteiger partial charge on any atom is -0.490 e. The number of anilines is 1. The first-order valence-electron chi connectivity index (χ1n) is 8.27. The molecule has 1 N–H and O–H groups in total. The van der Waals surface area contributed by atoms with Gasteiger partial charge in [-0.25, -0.2) is 0 Å². The Labute approximate surface area is 147 Å². The van der Waals surface area contributed by atoms with Crippen LogP contribution >= 0.6 is 11.6 Å². The van der Waals surface area contributed by atoms with Crippen LogP contribution in [0.15, 0.2) is 48.5 Å². The van der Waals surface area contributed by atoms with E-state index in [1.807, 2.05) is 48.5 Å². The molecule has 0 aliphatic carbocycles. The second-order valence-electron chi connectivity index (χ2n) is 5.65. The van der Waals surface area contributed by atoms with E-state index in [9.17, 15) is 0 Å². The molecule has 4 nitrogen and oxygen atoms in total. The van der Waals surface area contributed by atoms with Crippen LogP contribution in [0, 0.1) is 0 Å². The maximum absolute atomic E-state index is 6.07. The average molecular weight is 348 g/mol. The summed E-state index contributed by atoms with van der Waals surface area (Å²) < 4.78 is 17.2. The zero-order valence-electron chi connectivity index (χ0n) is 13.5. The van der Waals surface area contributed by atoms with Gasteiger partial charge in [0, 0.05) is 13.2 Å². The van der Waals surface area contributed by atoms with Gasteiger partial charge in [0.1, 0.15) is 24.7 Å². The van der Waals surface area contributed by atoms with Crippen molar-refractivity contribution in [2.24, 2.45) is 0 Å². The first kappa shape index (κ1) is 16.9. The third kappa shape index (κ3) is 4.79. The van der Waals surface area contributed by atoms with Gasteiger partial charge in [0.05, 0.1) is 16.8 Å². The van der Waals surface area contributed by atoms with E-state index in [0.29, 0.717) is 30.5 Å². The smallest absolute Gasteiger partial charge is 0.142 e. The van der Waals surface area contributed by atoms with E-state index in [4.69, 9.17) is 25.8 Å². The van der Waals surface area contributed by atoms with Crippen molar-refractivity contribution in [3.63, 3.8) is 0 Å². The van der Waals surface area contributed by atoms with Crippen LogP contribution in [0.2, 0.25) is 5.02 Å². The van der Waals surface area contributed by atoms with E-state index >= 15 is 0 Å². The van der Waals surface area contributed by atoms with E-state index in [2.05, 4.69) is 5.32 Å². The highest BCUT2D eigenvalue weighted by atomic mass is 35.5. The lowest BCUT2D eigenvalue weighted by Crippen LogP contribution is -2.17. The number of nitrogens with one attached hydrogen (secondary N) is 1. The third-order valence-electron chi connectivity index (χ3n) is 3.85. The van der Waals surface area contributed by atoms with Gasteiger partial charge in [-0.15, -0.1) is 0 Å². The fraction of sp³-hybridized carbons (Fsp3) is 0.368. The monoisotopic (exact) mass is 347 g/mol. The number of halogens is 1. The van der Waals surface area contributed by atoms with Crippen LogP contribution < -0.4 is 14.8 Å². The predicted octanol–water partition coefficient (Wildman–Crippen LogP) is 4.39. The fourth-order valence-corrected chi connectivity index (χ4v) is 2.80. The quantitative estimate of drug-likeness (QED) is 0.719. The summed E-state index contributed by atoms with van der Waals surface area (Å²) in [5.41, 5.74) is 0.957. The Morgan fingerprint density at radius 2 is 1.83 bits per heavy atom. The zero-order chi connectivity index (χ0) is 16.6. The Morgan fingerprint density at radius 1 is 1.04 bits per heavy atom. The number of benzene rings is 2. The van der Waals surface area contributed by atoms with Gasteiger partial charge in [-0.3, -0.25) is 0 Å².